The topological polar surface area (TPSA) is 111 Å². The SMILES string of the molecule is COc1cc(C(=O)Nc2nnc3c(n2)[nH]c2ccc(C)cc23)cc(OC)c1OC. The maximum Gasteiger partial charge on any atom is 0.258 e. The third-order valence-electron chi connectivity index (χ3n) is 4.52. The first-order chi connectivity index (χ1) is 14.0. The molecule has 9 heteroatoms. The number of benzene rings is 2. The Bertz CT molecular complexity index is 1210. The molecule has 9 nitrogen and oxygen atoms in total. The van der Waals surface area contributed by atoms with Crippen LogP contribution in [-0.4, -0.2) is 47.4 Å². The van der Waals surface area contributed by atoms with Crippen LogP contribution in [0.4, 0.5) is 5.95 Å². The summed E-state index contributed by atoms with van der Waals surface area (Å²) >= 11 is 0. The molecule has 148 valence electrons. The minimum absolute atomic E-state index is 0.0829. The number of H-pyrrole nitrogens is 1. The van der Waals surface area contributed by atoms with E-state index in [0.717, 1.165) is 16.5 Å². The van der Waals surface area contributed by atoms with Gasteiger partial charge in [-0.05, 0) is 31.2 Å². The number of anilines is 1. The fraction of sp³-hybridized carbons (Fsp3) is 0.200. The maximum absolute atomic E-state index is 12.7. The van der Waals surface area contributed by atoms with Crippen molar-refractivity contribution in [2.24, 2.45) is 0 Å². The smallest absolute Gasteiger partial charge is 0.258 e. The van der Waals surface area contributed by atoms with E-state index in [1.807, 2.05) is 25.1 Å². The Labute approximate surface area is 166 Å². The molecule has 1 amide bonds. The minimum Gasteiger partial charge on any atom is -0.493 e. The Balaban J connectivity index is 1.67. The van der Waals surface area contributed by atoms with Gasteiger partial charge in [-0.1, -0.05) is 11.6 Å². The number of hydrogen-bond donors (Lipinski definition) is 2. The van der Waals surface area contributed by atoms with Gasteiger partial charge in [0.05, 0.1) is 21.3 Å². The zero-order valence-corrected chi connectivity index (χ0v) is 16.4. The molecule has 0 aliphatic carbocycles. The molecular formula is C20H19N5O4. The number of hydrogen-bond acceptors (Lipinski definition) is 7. The van der Waals surface area contributed by atoms with Crippen molar-refractivity contribution in [3.8, 4) is 17.2 Å². The second-order valence-corrected chi connectivity index (χ2v) is 6.37. The van der Waals surface area contributed by atoms with Crippen molar-refractivity contribution in [2.75, 3.05) is 26.6 Å². The number of amides is 1. The van der Waals surface area contributed by atoms with Crippen LogP contribution in [0.2, 0.25) is 0 Å². The van der Waals surface area contributed by atoms with Crippen LogP contribution in [0.1, 0.15) is 15.9 Å². The van der Waals surface area contributed by atoms with Crippen molar-refractivity contribution in [3.05, 3.63) is 41.5 Å². The average molecular weight is 393 g/mol. The molecular weight excluding hydrogens is 374 g/mol. The lowest BCUT2D eigenvalue weighted by atomic mass is 10.1. The van der Waals surface area contributed by atoms with Gasteiger partial charge < -0.3 is 19.2 Å². The predicted octanol–water partition coefficient (Wildman–Crippen LogP) is 3.09. The molecule has 0 atom stereocenters. The maximum atomic E-state index is 12.7. The lowest BCUT2D eigenvalue weighted by Crippen LogP contribution is -2.15. The number of aryl methyl sites for hydroxylation is 1. The summed E-state index contributed by atoms with van der Waals surface area (Å²) < 4.78 is 15.9. The number of aromatic nitrogens is 4. The van der Waals surface area contributed by atoms with Gasteiger partial charge in [0, 0.05) is 16.5 Å². The first kappa shape index (κ1) is 18.5. The lowest BCUT2D eigenvalue weighted by molar-refractivity contribution is 0.102. The summed E-state index contributed by atoms with van der Waals surface area (Å²) in [6.07, 6.45) is 0. The number of carbonyl (C=O) groups excluding carboxylic acids is 1. The van der Waals surface area contributed by atoms with E-state index in [0.29, 0.717) is 34.0 Å². The minimum atomic E-state index is -0.433. The van der Waals surface area contributed by atoms with E-state index in [2.05, 4.69) is 25.5 Å². The first-order valence-corrected chi connectivity index (χ1v) is 8.78. The first-order valence-electron chi connectivity index (χ1n) is 8.78. The Hall–Kier alpha value is -3.88. The van der Waals surface area contributed by atoms with Gasteiger partial charge >= 0.3 is 0 Å². The second-order valence-electron chi connectivity index (χ2n) is 6.37. The highest BCUT2D eigenvalue weighted by Crippen LogP contribution is 2.38. The van der Waals surface area contributed by atoms with Crippen LogP contribution in [0, 0.1) is 6.92 Å². The van der Waals surface area contributed by atoms with E-state index >= 15 is 0 Å². The lowest BCUT2D eigenvalue weighted by Gasteiger charge is -2.13. The summed E-state index contributed by atoms with van der Waals surface area (Å²) in [6, 6.07) is 9.07. The number of fused-ring (bicyclic) bond motifs is 3. The highest BCUT2D eigenvalue weighted by Gasteiger charge is 2.18. The number of carbonyl (C=O) groups is 1. The van der Waals surface area contributed by atoms with E-state index in [4.69, 9.17) is 14.2 Å². The van der Waals surface area contributed by atoms with Crippen LogP contribution < -0.4 is 19.5 Å². The monoisotopic (exact) mass is 393 g/mol. The van der Waals surface area contributed by atoms with Crippen molar-refractivity contribution >= 4 is 33.9 Å². The van der Waals surface area contributed by atoms with Gasteiger partial charge in [-0.3, -0.25) is 10.1 Å². The molecule has 0 bridgehead atoms. The summed E-state index contributed by atoms with van der Waals surface area (Å²) in [4.78, 5) is 20.3. The summed E-state index contributed by atoms with van der Waals surface area (Å²) in [5.41, 5.74) is 3.51. The van der Waals surface area contributed by atoms with Crippen molar-refractivity contribution in [3.63, 3.8) is 0 Å². The third-order valence-corrected chi connectivity index (χ3v) is 4.52. The number of nitrogens with zero attached hydrogens (tertiary/aromatic N) is 3. The quantitative estimate of drug-likeness (QED) is 0.536. The second kappa shape index (κ2) is 7.27. The fourth-order valence-electron chi connectivity index (χ4n) is 3.12. The summed E-state index contributed by atoms with van der Waals surface area (Å²) in [5.74, 6) is 0.797. The molecule has 4 rings (SSSR count). The molecule has 2 aromatic carbocycles. The van der Waals surface area contributed by atoms with Gasteiger partial charge in [-0.2, -0.15) is 4.98 Å². The van der Waals surface area contributed by atoms with Gasteiger partial charge in [0.15, 0.2) is 17.1 Å². The Morgan fingerprint density at radius 2 is 1.72 bits per heavy atom. The third kappa shape index (κ3) is 3.27. The molecule has 0 saturated carbocycles. The Morgan fingerprint density at radius 3 is 2.38 bits per heavy atom. The van der Waals surface area contributed by atoms with Gasteiger partial charge in [0.1, 0.15) is 5.52 Å². The largest absolute Gasteiger partial charge is 0.493 e. The van der Waals surface area contributed by atoms with E-state index in [9.17, 15) is 4.79 Å². The van der Waals surface area contributed by atoms with Crippen LogP contribution in [0.5, 0.6) is 17.2 Å². The molecule has 2 heterocycles. The molecule has 0 unspecified atom stereocenters. The molecule has 0 saturated heterocycles. The highest BCUT2D eigenvalue weighted by molar-refractivity contribution is 6.06. The molecule has 2 N–H and O–H groups in total. The Kier molecular flexibility index (Phi) is 4.63. The molecule has 0 aliphatic heterocycles. The molecule has 2 aromatic heterocycles. The number of methoxy groups -OCH3 is 3. The van der Waals surface area contributed by atoms with E-state index in [1.54, 1.807) is 12.1 Å². The predicted molar refractivity (Wildman–Crippen MR) is 108 cm³/mol. The number of ether oxygens (including phenoxy) is 3. The standard InChI is InChI=1S/C20H19N5O4/c1-10-5-6-13-12(7-10)16-18(21-13)22-20(25-24-16)23-19(26)11-8-14(27-2)17(29-4)15(9-11)28-3/h5-9H,1-4H3,(H2,21,22,23,25,26). The van der Waals surface area contributed by atoms with Gasteiger partial charge in [-0.25, -0.2) is 0 Å². The average Bonchev–Trinajstić information content (AvgIpc) is 3.09. The molecule has 0 fully saturated rings. The molecule has 29 heavy (non-hydrogen) atoms. The van der Waals surface area contributed by atoms with E-state index < -0.39 is 5.91 Å². The fourth-order valence-corrected chi connectivity index (χ4v) is 3.12. The molecule has 0 spiro atoms. The van der Waals surface area contributed by atoms with Crippen LogP contribution in [-0.2, 0) is 0 Å². The van der Waals surface area contributed by atoms with Crippen LogP contribution >= 0.6 is 0 Å². The number of nitrogens with one attached hydrogen (secondary N) is 2. The zero-order valence-electron chi connectivity index (χ0n) is 16.4. The summed E-state index contributed by atoms with van der Waals surface area (Å²) in [6.45, 7) is 2.01. The molecule has 0 radical (unpaired) electrons. The van der Waals surface area contributed by atoms with Crippen molar-refractivity contribution in [1.29, 1.82) is 0 Å². The Morgan fingerprint density at radius 1 is 1.00 bits per heavy atom. The summed E-state index contributed by atoms with van der Waals surface area (Å²) in [7, 11) is 4.46. The number of aromatic amines is 1. The highest BCUT2D eigenvalue weighted by atomic mass is 16.5. The zero-order chi connectivity index (χ0) is 20.5. The molecule has 4 aromatic rings. The van der Waals surface area contributed by atoms with Crippen molar-refractivity contribution in [2.45, 2.75) is 6.92 Å². The van der Waals surface area contributed by atoms with E-state index in [1.165, 1.54) is 21.3 Å². The van der Waals surface area contributed by atoms with Crippen molar-refractivity contribution < 1.29 is 19.0 Å². The van der Waals surface area contributed by atoms with Crippen LogP contribution in [0.3, 0.4) is 0 Å². The van der Waals surface area contributed by atoms with Gasteiger partial charge in [0.2, 0.25) is 5.75 Å². The van der Waals surface area contributed by atoms with E-state index in [-0.39, 0.29) is 5.95 Å². The van der Waals surface area contributed by atoms with Gasteiger partial charge in [-0.15, -0.1) is 10.2 Å². The van der Waals surface area contributed by atoms with Crippen LogP contribution in [0.25, 0.3) is 22.1 Å². The number of rotatable bonds is 5. The molecule has 0 aliphatic rings. The normalized spacial score (nSPS) is 10.9. The van der Waals surface area contributed by atoms with Crippen LogP contribution in [0.15, 0.2) is 30.3 Å². The summed E-state index contributed by atoms with van der Waals surface area (Å²) in [5, 5.41) is 11.9. The van der Waals surface area contributed by atoms with Gasteiger partial charge in [0.25, 0.3) is 11.9 Å². The van der Waals surface area contributed by atoms with Crippen molar-refractivity contribution in [1.82, 2.24) is 20.2 Å².